The standard InChI is InChI=1S/C10H17N3/c1-4-6-9(11-3)10-7-8-12-13(10)5-2/h4,7-9,11H,1,5-6H2,2-3H3. The van der Waals surface area contributed by atoms with E-state index < -0.39 is 0 Å². The summed E-state index contributed by atoms with van der Waals surface area (Å²) in [6.45, 7) is 6.75. The van der Waals surface area contributed by atoms with E-state index in [9.17, 15) is 0 Å². The molecule has 0 saturated carbocycles. The Kier molecular flexibility index (Phi) is 3.71. The smallest absolute Gasteiger partial charge is 0.0556 e. The average molecular weight is 179 g/mol. The molecule has 0 bridgehead atoms. The fourth-order valence-electron chi connectivity index (χ4n) is 1.46. The third-order valence-corrected chi connectivity index (χ3v) is 2.16. The van der Waals surface area contributed by atoms with Gasteiger partial charge in [-0.05, 0) is 26.5 Å². The predicted molar refractivity (Wildman–Crippen MR) is 54.5 cm³/mol. The van der Waals surface area contributed by atoms with Gasteiger partial charge in [0.1, 0.15) is 0 Å². The van der Waals surface area contributed by atoms with Crippen LogP contribution in [0.5, 0.6) is 0 Å². The van der Waals surface area contributed by atoms with Gasteiger partial charge in [0.15, 0.2) is 0 Å². The second-order valence-electron chi connectivity index (χ2n) is 2.94. The second kappa shape index (κ2) is 4.82. The monoisotopic (exact) mass is 179 g/mol. The van der Waals surface area contributed by atoms with Crippen molar-refractivity contribution in [2.45, 2.75) is 25.9 Å². The molecule has 72 valence electrons. The van der Waals surface area contributed by atoms with Crippen LogP contribution < -0.4 is 5.32 Å². The average Bonchev–Trinajstić information content (AvgIpc) is 2.61. The number of aryl methyl sites for hydroxylation is 1. The van der Waals surface area contributed by atoms with E-state index in [4.69, 9.17) is 0 Å². The quantitative estimate of drug-likeness (QED) is 0.698. The van der Waals surface area contributed by atoms with E-state index in [2.05, 4.69) is 23.9 Å². The number of nitrogens with zero attached hydrogens (tertiary/aromatic N) is 2. The van der Waals surface area contributed by atoms with Crippen LogP contribution in [-0.2, 0) is 6.54 Å². The number of nitrogens with one attached hydrogen (secondary N) is 1. The van der Waals surface area contributed by atoms with Crippen LogP contribution in [0, 0.1) is 0 Å². The molecule has 0 radical (unpaired) electrons. The Labute approximate surface area is 79.5 Å². The van der Waals surface area contributed by atoms with E-state index in [1.54, 1.807) is 0 Å². The van der Waals surface area contributed by atoms with Crippen LogP contribution in [0.1, 0.15) is 25.1 Å². The summed E-state index contributed by atoms with van der Waals surface area (Å²) in [4.78, 5) is 0. The lowest BCUT2D eigenvalue weighted by molar-refractivity contribution is 0.520. The Morgan fingerprint density at radius 3 is 3.08 bits per heavy atom. The van der Waals surface area contributed by atoms with Gasteiger partial charge in [-0.15, -0.1) is 6.58 Å². The number of hydrogen-bond donors (Lipinski definition) is 1. The maximum Gasteiger partial charge on any atom is 0.0556 e. The highest BCUT2D eigenvalue weighted by Crippen LogP contribution is 2.15. The first-order valence-corrected chi connectivity index (χ1v) is 4.63. The second-order valence-corrected chi connectivity index (χ2v) is 2.94. The van der Waals surface area contributed by atoms with Gasteiger partial charge in [0.25, 0.3) is 0 Å². The third kappa shape index (κ3) is 2.18. The lowest BCUT2D eigenvalue weighted by Gasteiger charge is -2.15. The van der Waals surface area contributed by atoms with Crippen LogP contribution in [0.15, 0.2) is 24.9 Å². The molecule has 3 nitrogen and oxygen atoms in total. The van der Waals surface area contributed by atoms with Gasteiger partial charge in [0.05, 0.1) is 11.7 Å². The zero-order valence-electron chi connectivity index (χ0n) is 8.33. The van der Waals surface area contributed by atoms with Crippen molar-refractivity contribution in [3.05, 3.63) is 30.6 Å². The van der Waals surface area contributed by atoms with Gasteiger partial charge in [-0.1, -0.05) is 6.08 Å². The Balaban J connectivity index is 2.82. The first-order chi connectivity index (χ1) is 6.33. The number of rotatable bonds is 5. The van der Waals surface area contributed by atoms with Crippen LogP contribution in [0.4, 0.5) is 0 Å². The maximum atomic E-state index is 4.23. The zero-order valence-corrected chi connectivity index (χ0v) is 8.33. The topological polar surface area (TPSA) is 29.9 Å². The molecule has 1 heterocycles. The maximum absolute atomic E-state index is 4.23. The minimum Gasteiger partial charge on any atom is -0.311 e. The fourth-order valence-corrected chi connectivity index (χ4v) is 1.46. The SMILES string of the molecule is C=CCC(NC)c1ccnn1CC. The molecule has 1 N–H and O–H groups in total. The summed E-state index contributed by atoms with van der Waals surface area (Å²) < 4.78 is 2.00. The van der Waals surface area contributed by atoms with Gasteiger partial charge in [-0.25, -0.2) is 0 Å². The van der Waals surface area contributed by atoms with E-state index in [0.717, 1.165) is 13.0 Å². The summed E-state index contributed by atoms with van der Waals surface area (Å²) >= 11 is 0. The molecule has 0 aliphatic heterocycles. The zero-order chi connectivity index (χ0) is 9.68. The summed E-state index contributed by atoms with van der Waals surface area (Å²) in [5, 5.41) is 7.48. The van der Waals surface area contributed by atoms with E-state index in [0.29, 0.717) is 6.04 Å². The van der Waals surface area contributed by atoms with Crippen molar-refractivity contribution in [3.8, 4) is 0 Å². The molecule has 0 fully saturated rings. The van der Waals surface area contributed by atoms with Gasteiger partial charge < -0.3 is 5.32 Å². The Bertz CT molecular complexity index is 265. The summed E-state index contributed by atoms with van der Waals surface area (Å²) in [5.41, 5.74) is 1.23. The first kappa shape index (κ1) is 9.99. The minimum atomic E-state index is 0.333. The highest BCUT2D eigenvalue weighted by molar-refractivity contribution is 5.08. The first-order valence-electron chi connectivity index (χ1n) is 4.63. The van der Waals surface area contributed by atoms with Crippen LogP contribution in [0.25, 0.3) is 0 Å². The van der Waals surface area contributed by atoms with Gasteiger partial charge in [-0.2, -0.15) is 5.10 Å². The Morgan fingerprint density at radius 1 is 1.77 bits per heavy atom. The highest BCUT2D eigenvalue weighted by atomic mass is 15.3. The molecule has 0 spiro atoms. The van der Waals surface area contributed by atoms with E-state index in [-0.39, 0.29) is 0 Å². The molecular weight excluding hydrogens is 162 g/mol. The van der Waals surface area contributed by atoms with Crippen molar-refractivity contribution in [1.29, 1.82) is 0 Å². The van der Waals surface area contributed by atoms with Gasteiger partial charge in [0.2, 0.25) is 0 Å². The van der Waals surface area contributed by atoms with Crippen molar-refractivity contribution in [2.24, 2.45) is 0 Å². The highest BCUT2D eigenvalue weighted by Gasteiger charge is 2.11. The predicted octanol–water partition coefficient (Wildman–Crippen LogP) is 1.74. The van der Waals surface area contributed by atoms with E-state index in [1.807, 2.05) is 30.1 Å². The van der Waals surface area contributed by atoms with Gasteiger partial charge in [-0.3, -0.25) is 4.68 Å². The normalized spacial score (nSPS) is 12.8. The molecule has 1 aromatic heterocycles. The van der Waals surface area contributed by atoms with E-state index in [1.165, 1.54) is 5.69 Å². The van der Waals surface area contributed by atoms with Crippen LogP contribution >= 0.6 is 0 Å². The lowest BCUT2D eigenvalue weighted by Crippen LogP contribution is -2.19. The Morgan fingerprint density at radius 2 is 2.54 bits per heavy atom. The molecule has 1 aromatic rings. The summed E-state index contributed by atoms with van der Waals surface area (Å²) in [6, 6.07) is 2.38. The molecule has 1 rings (SSSR count). The van der Waals surface area contributed by atoms with Gasteiger partial charge in [0, 0.05) is 12.7 Å². The van der Waals surface area contributed by atoms with Crippen molar-refractivity contribution in [1.82, 2.24) is 15.1 Å². The molecule has 3 heteroatoms. The molecular formula is C10H17N3. The van der Waals surface area contributed by atoms with Crippen molar-refractivity contribution in [3.63, 3.8) is 0 Å². The molecule has 1 unspecified atom stereocenters. The van der Waals surface area contributed by atoms with Crippen molar-refractivity contribution >= 4 is 0 Å². The molecule has 0 amide bonds. The van der Waals surface area contributed by atoms with Crippen molar-refractivity contribution < 1.29 is 0 Å². The molecule has 0 aliphatic rings. The number of aromatic nitrogens is 2. The van der Waals surface area contributed by atoms with Crippen molar-refractivity contribution in [2.75, 3.05) is 7.05 Å². The summed E-state index contributed by atoms with van der Waals surface area (Å²) in [7, 11) is 1.96. The summed E-state index contributed by atoms with van der Waals surface area (Å²) in [5.74, 6) is 0. The fraction of sp³-hybridized carbons (Fsp3) is 0.500. The molecule has 1 atom stereocenters. The molecule has 13 heavy (non-hydrogen) atoms. The molecule has 0 saturated heterocycles. The summed E-state index contributed by atoms with van der Waals surface area (Å²) in [6.07, 6.45) is 4.70. The molecule has 0 aliphatic carbocycles. The third-order valence-electron chi connectivity index (χ3n) is 2.16. The largest absolute Gasteiger partial charge is 0.311 e. The van der Waals surface area contributed by atoms with Crippen LogP contribution in [0.3, 0.4) is 0 Å². The molecule has 0 aromatic carbocycles. The lowest BCUT2D eigenvalue weighted by atomic mass is 10.1. The van der Waals surface area contributed by atoms with E-state index >= 15 is 0 Å². The van der Waals surface area contributed by atoms with Gasteiger partial charge >= 0.3 is 0 Å². The van der Waals surface area contributed by atoms with Crippen LogP contribution in [0.2, 0.25) is 0 Å². The Hall–Kier alpha value is -1.09. The number of hydrogen-bond acceptors (Lipinski definition) is 2. The minimum absolute atomic E-state index is 0.333. The van der Waals surface area contributed by atoms with Crippen LogP contribution in [-0.4, -0.2) is 16.8 Å².